The summed E-state index contributed by atoms with van der Waals surface area (Å²) in [4.78, 5) is 0. The number of hydrazine groups is 1. The van der Waals surface area contributed by atoms with Crippen LogP contribution in [0.15, 0.2) is 42.5 Å². The van der Waals surface area contributed by atoms with Crippen molar-refractivity contribution in [1.29, 1.82) is 0 Å². The lowest BCUT2D eigenvalue weighted by Gasteiger charge is -2.18. The van der Waals surface area contributed by atoms with Crippen molar-refractivity contribution in [1.82, 2.24) is 5.43 Å². The van der Waals surface area contributed by atoms with Crippen LogP contribution in [-0.2, 0) is 0 Å². The minimum atomic E-state index is -0.413. The molecule has 0 aliphatic rings. The molecule has 0 radical (unpaired) electrons. The standard InChI is InChI=1S/C14H14ClFN2/c1-9-2-4-10(5-3-9)14(18-17)12-8-11(15)6-7-13(12)16/h2-8,14,18H,17H2,1H3. The molecule has 3 N–H and O–H groups in total. The fraction of sp³-hybridized carbons (Fsp3) is 0.143. The number of benzene rings is 2. The van der Waals surface area contributed by atoms with Gasteiger partial charge < -0.3 is 0 Å². The lowest BCUT2D eigenvalue weighted by molar-refractivity contribution is 0.560. The van der Waals surface area contributed by atoms with Crippen molar-refractivity contribution in [2.75, 3.05) is 0 Å². The molecule has 2 aromatic carbocycles. The number of nitrogens with one attached hydrogen (secondary N) is 1. The number of nitrogens with two attached hydrogens (primary N) is 1. The predicted molar refractivity (Wildman–Crippen MR) is 71.8 cm³/mol. The lowest BCUT2D eigenvalue weighted by Crippen LogP contribution is -2.29. The van der Waals surface area contributed by atoms with Crippen molar-refractivity contribution >= 4 is 11.6 Å². The third-order valence-corrected chi connectivity index (χ3v) is 3.08. The third kappa shape index (κ3) is 2.70. The average molecular weight is 265 g/mol. The first-order valence-corrected chi connectivity index (χ1v) is 5.97. The van der Waals surface area contributed by atoms with Crippen LogP contribution in [0.2, 0.25) is 5.02 Å². The van der Waals surface area contributed by atoms with Crippen molar-refractivity contribution in [2.24, 2.45) is 5.84 Å². The molecule has 0 aromatic heterocycles. The van der Waals surface area contributed by atoms with Crippen molar-refractivity contribution in [3.63, 3.8) is 0 Å². The van der Waals surface area contributed by atoms with Gasteiger partial charge in [-0.25, -0.2) is 9.82 Å². The van der Waals surface area contributed by atoms with E-state index in [1.165, 1.54) is 12.1 Å². The summed E-state index contributed by atoms with van der Waals surface area (Å²) in [5.74, 6) is 5.20. The van der Waals surface area contributed by atoms with E-state index >= 15 is 0 Å². The molecule has 4 heteroatoms. The smallest absolute Gasteiger partial charge is 0.128 e. The van der Waals surface area contributed by atoms with E-state index in [1.54, 1.807) is 6.07 Å². The minimum Gasteiger partial charge on any atom is -0.271 e. The Labute approximate surface area is 111 Å². The van der Waals surface area contributed by atoms with Gasteiger partial charge in [-0.2, -0.15) is 0 Å². The van der Waals surface area contributed by atoms with Gasteiger partial charge in [-0.1, -0.05) is 41.4 Å². The zero-order chi connectivity index (χ0) is 13.1. The summed E-state index contributed by atoms with van der Waals surface area (Å²) in [5, 5.41) is 0.485. The predicted octanol–water partition coefficient (Wildman–Crippen LogP) is 3.34. The highest BCUT2D eigenvalue weighted by molar-refractivity contribution is 6.30. The van der Waals surface area contributed by atoms with E-state index in [9.17, 15) is 4.39 Å². The van der Waals surface area contributed by atoms with Crippen LogP contribution in [0.1, 0.15) is 22.7 Å². The molecule has 0 aliphatic heterocycles. The molecule has 0 saturated heterocycles. The highest BCUT2D eigenvalue weighted by atomic mass is 35.5. The molecule has 2 rings (SSSR count). The van der Waals surface area contributed by atoms with E-state index < -0.39 is 6.04 Å². The summed E-state index contributed by atoms with van der Waals surface area (Å²) in [6, 6.07) is 11.8. The van der Waals surface area contributed by atoms with Crippen LogP contribution in [0, 0.1) is 12.7 Å². The number of aryl methyl sites for hydroxylation is 1. The molecule has 0 saturated carbocycles. The van der Waals surface area contributed by atoms with Gasteiger partial charge in [-0.15, -0.1) is 0 Å². The van der Waals surface area contributed by atoms with Crippen molar-refractivity contribution in [3.05, 3.63) is 70.0 Å². The fourth-order valence-electron chi connectivity index (χ4n) is 1.86. The number of hydrogen-bond acceptors (Lipinski definition) is 2. The number of halogens is 2. The van der Waals surface area contributed by atoms with Gasteiger partial charge in [0.1, 0.15) is 5.82 Å². The molecular weight excluding hydrogens is 251 g/mol. The van der Waals surface area contributed by atoms with Crippen LogP contribution in [-0.4, -0.2) is 0 Å². The van der Waals surface area contributed by atoms with Crippen molar-refractivity contribution in [2.45, 2.75) is 13.0 Å². The Balaban J connectivity index is 2.44. The summed E-state index contributed by atoms with van der Waals surface area (Å²) in [7, 11) is 0. The van der Waals surface area contributed by atoms with Gasteiger partial charge in [0.15, 0.2) is 0 Å². The maximum atomic E-state index is 13.8. The fourth-order valence-corrected chi connectivity index (χ4v) is 2.04. The van der Waals surface area contributed by atoms with Gasteiger partial charge in [-0.05, 0) is 30.7 Å². The Morgan fingerprint density at radius 3 is 2.44 bits per heavy atom. The summed E-state index contributed by atoms with van der Waals surface area (Å²) < 4.78 is 13.8. The van der Waals surface area contributed by atoms with Crippen LogP contribution >= 0.6 is 11.6 Å². The molecule has 94 valence electrons. The van der Waals surface area contributed by atoms with Gasteiger partial charge in [0.25, 0.3) is 0 Å². The van der Waals surface area contributed by atoms with E-state index in [1.807, 2.05) is 31.2 Å². The van der Waals surface area contributed by atoms with Gasteiger partial charge in [-0.3, -0.25) is 5.84 Å². The Kier molecular flexibility index (Phi) is 3.97. The third-order valence-electron chi connectivity index (χ3n) is 2.85. The van der Waals surface area contributed by atoms with Crippen molar-refractivity contribution < 1.29 is 4.39 Å². The van der Waals surface area contributed by atoms with Gasteiger partial charge >= 0.3 is 0 Å². The molecule has 0 fully saturated rings. The average Bonchev–Trinajstić information content (AvgIpc) is 2.37. The highest BCUT2D eigenvalue weighted by Gasteiger charge is 2.16. The lowest BCUT2D eigenvalue weighted by atomic mass is 9.98. The Morgan fingerprint density at radius 1 is 1.17 bits per heavy atom. The van der Waals surface area contributed by atoms with E-state index in [0.29, 0.717) is 10.6 Å². The molecule has 18 heavy (non-hydrogen) atoms. The first kappa shape index (κ1) is 13.0. The topological polar surface area (TPSA) is 38.0 Å². The Bertz CT molecular complexity index is 540. The first-order chi connectivity index (χ1) is 8.61. The van der Waals surface area contributed by atoms with Gasteiger partial charge in [0.05, 0.1) is 6.04 Å². The summed E-state index contributed by atoms with van der Waals surface area (Å²) in [6.45, 7) is 1.99. The molecule has 0 spiro atoms. The van der Waals surface area contributed by atoms with E-state index in [4.69, 9.17) is 17.4 Å². The molecule has 0 amide bonds. The van der Waals surface area contributed by atoms with Crippen LogP contribution in [0.3, 0.4) is 0 Å². The van der Waals surface area contributed by atoms with Crippen LogP contribution in [0.25, 0.3) is 0 Å². The normalized spacial score (nSPS) is 12.4. The summed E-state index contributed by atoms with van der Waals surface area (Å²) in [6.07, 6.45) is 0. The zero-order valence-corrected chi connectivity index (χ0v) is 10.7. The summed E-state index contributed by atoms with van der Waals surface area (Å²) >= 11 is 5.90. The second-order valence-electron chi connectivity index (χ2n) is 4.18. The zero-order valence-electron chi connectivity index (χ0n) is 9.95. The van der Waals surface area contributed by atoms with Gasteiger partial charge in [0.2, 0.25) is 0 Å². The molecular formula is C14H14ClFN2. The second kappa shape index (κ2) is 5.48. The SMILES string of the molecule is Cc1ccc(C(NN)c2cc(Cl)ccc2F)cc1. The van der Waals surface area contributed by atoms with Crippen molar-refractivity contribution in [3.8, 4) is 0 Å². The first-order valence-electron chi connectivity index (χ1n) is 5.59. The second-order valence-corrected chi connectivity index (χ2v) is 4.61. The maximum Gasteiger partial charge on any atom is 0.128 e. The monoisotopic (exact) mass is 264 g/mol. The largest absolute Gasteiger partial charge is 0.271 e. The molecule has 2 aromatic rings. The quantitative estimate of drug-likeness (QED) is 0.659. The molecule has 1 unspecified atom stereocenters. The van der Waals surface area contributed by atoms with Crippen LogP contribution < -0.4 is 11.3 Å². The Morgan fingerprint density at radius 2 is 1.83 bits per heavy atom. The van der Waals surface area contributed by atoms with Crippen LogP contribution in [0.5, 0.6) is 0 Å². The maximum absolute atomic E-state index is 13.8. The van der Waals surface area contributed by atoms with Crippen LogP contribution in [0.4, 0.5) is 4.39 Å². The van der Waals surface area contributed by atoms with E-state index in [-0.39, 0.29) is 5.82 Å². The molecule has 0 bridgehead atoms. The molecule has 0 heterocycles. The highest BCUT2D eigenvalue weighted by Crippen LogP contribution is 2.26. The van der Waals surface area contributed by atoms with E-state index in [0.717, 1.165) is 11.1 Å². The molecule has 1 atom stereocenters. The number of rotatable bonds is 3. The van der Waals surface area contributed by atoms with E-state index in [2.05, 4.69) is 5.43 Å². The minimum absolute atomic E-state index is 0.331. The Hall–Kier alpha value is -1.42. The van der Waals surface area contributed by atoms with Gasteiger partial charge in [0, 0.05) is 10.6 Å². The summed E-state index contributed by atoms with van der Waals surface area (Å²) in [5.41, 5.74) is 5.09. The molecule has 0 aliphatic carbocycles. The number of hydrogen-bond donors (Lipinski definition) is 2. The molecule has 2 nitrogen and oxygen atoms in total.